The molecular formula is C17H17FN4O4S. The molecule has 1 aliphatic rings. The Kier molecular flexibility index (Phi) is 4.26. The van der Waals surface area contributed by atoms with Crippen LogP contribution in [0.3, 0.4) is 0 Å². The lowest BCUT2D eigenvalue weighted by Gasteiger charge is -2.44. The SMILES string of the molecule is C[C@@]1(c2cc([N+](=O)[O-])ccc2F)CS(=O)(=O)[C@@](C)(c2ccccn2)C(=N)N1. The fraction of sp³-hybridized carbons (Fsp3) is 0.294. The fourth-order valence-electron chi connectivity index (χ4n) is 3.24. The van der Waals surface area contributed by atoms with E-state index in [1.54, 1.807) is 12.1 Å². The summed E-state index contributed by atoms with van der Waals surface area (Å²) in [5.74, 6) is -1.73. The standard InChI is InChI=1S/C17H17FN4O4S/c1-16(12-9-11(22(23)24)6-7-13(12)18)10-27(25,26)17(2,15(19)21-16)14-5-3-4-8-20-14/h3-9H,10H2,1-2H3,(H2,19,21)/t16-,17-/m0/s1. The van der Waals surface area contributed by atoms with Gasteiger partial charge in [-0.2, -0.15) is 0 Å². The fourth-order valence-corrected chi connectivity index (χ4v) is 5.32. The van der Waals surface area contributed by atoms with Crippen molar-refractivity contribution in [1.29, 1.82) is 5.41 Å². The molecule has 0 saturated carbocycles. The van der Waals surface area contributed by atoms with Crippen molar-refractivity contribution in [3.63, 3.8) is 0 Å². The molecular weight excluding hydrogens is 375 g/mol. The van der Waals surface area contributed by atoms with Crippen LogP contribution in [0.1, 0.15) is 25.1 Å². The Labute approximate surface area is 155 Å². The van der Waals surface area contributed by atoms with E-state index >= 15 is 0 Å². The number of non-ortho nitro benzene ring substituents is 1. The molecule has 0 unspecified atom stereocenters. The summed E-state index contributed by atoms with van der Waals surface area (Å²) >= 11 is 0. The highest BCUT2D eigenvalue weighted by Gasteiger charge is 2.55. The molecule has 8 nitrogen and oxygen atoms in total. The van der Waals surface area contributed by atoms with Crippen LogP contribution in [0.25, 0.3) is 0 Å². The Bertz CT molecular complexity index is 1040. The third kappa shape index (κ3) is 2.85. The van der Waals surface area contributed by atoms with E-state index in [9.17, 15) is 22.9 Å². The number of aromatic nitrogens is 1. The number of amidine groups is 1. The number of sulfone groups is 1. The van der Waals surface area contributed by atoms with Crippen LogP contribution in [0.4, 0.5) is 10.1 Å². The number of halogens is 1. The van der Waals surface area contributed by atoms with E-state index in [2.05, 4.69) is 10.3 Å². The van der Waals surface area contributed by atoms with Crippen molar-refractivity contribution in [3.8, 4) is 0 Å². The maximum atomic E-state index is 14.4. The van der Waals surface area contributed by atoms with Crippen LogP contribution >= 0.6 is 0 Å². The van der Waals surface area contributed by atoms with Crippen molar-refractivity contribution in [1.82, 2.24) is 10.3 Å². The van der Waals surface area contributed by atoms with Crippen molar-refractivity contribution >= 4 is 21.4 Å². The molecule has 0 aliphatic carbocycles. The molecule has 1 aromatic carbocycles. The molecule has 0 spiro atoms. The van der Waals surface area contributed by atoms with Gasteiger partial charge in [0, 0.05) is 23.9 Å². The molecule has 1 aliphatic heterocycles. The molecule has 10 heteroatoms. The lowest BCUT2D eigenvalue weighted by molar-refractivity contribution is -0.385. The normalized spacial score (nSPS) is 27.0. The van der Waals surface area contributed by atoms with Gasteiger partial charge in [-0.3, -0.25) is 20.5 Å². The molecule has 1 saturated heterocycles. The Balaban J connectivity index is 2.13. The number of hydrogen-bond donors (Lipinski definition) is 2. The molecule has 27 heavy (non-hydrogen) atoms. The molecule has 2 N–H and O–H groups in total. The van der Waals surface area contributed by atoms with Crippen molar-refractivity contribution in [2.45, 2.75) is 24.1 Å². The first-order valence-corrected chi connectivity index (χ1v) is 9.62. The molecule has 0 amide bonds. The highest BCUT2D eigenvalue weighted by atomic mass is 32.2. The van der Waals surface area contributed by atoms with Gasteiger partial charge in [0.05, 0.1) is 21.9 Å². The molecule has 1 aromatic heterocycles. The van der Waals surface area contributed by atoms with E-state index in [1.807, 2.05) is 0 Å². The topological polar surface area (TPSA) is 126 Å². The van der Waals surface area contributed by atoms with Crippen molar-refractivity contribution < 1.29 is 17.7 Å². The summed E-state index contributed by atoms with van der Waals surface area (Å²) in [5, 5.41) is 22.2. The van der Waals surface area contributed by atoms with Crippen molar-refractivity contribution in [3.05, 3.63) is 69.8 Å². The monoisotopic (exact) mass is 392 g/mol. The Morgan fingerprint density at radius 3 is 2.56 bits per heavy atom. The third-order valence-corrected chi connectivity index (χ3v) is 7.50. The molecule has 142 valence electrons. The summed E-state index contributed by atoms with van der Waals surface area (Å²) in [6, 6.07) is 7.66. The van der Waals surface area contributed by atoms with Crippen LogP contribution in [-0.4, -0.2) is 29.9 Å². The summed E-state index contributed by atoms with van der Waals surface area (Å²) in [5.41, 5.74) is -1.92. The molecule has 1 fully saturated rings. The van der Waals surface area contributed by atoms with Gasteiger partial charge in [-0.05, 0) is 32.0 Å². The van der Waals surface area contributed by atoms with Gasteiger partial charge in [-0.15, -0.1) is 0 Å². The minimum atomic E-state index is -4.02. The van der Waals surface area contributed by atoms with Crippen LogP contribution in [0.5, 0.6) is 0 Å². The number of pyridine rings is 1. The second-order valence-electron chi connectivity index (χ2n) is 6.76. The molecule has 0 radical (unpaired) electrons. The lowest BCUT2D eigenvalue weighted by Crippen LogP contribution is -2.63. The first kappa shape index (κ1) is 18.9. The number of nitrogens with one attached hydrogen (secondary N) is 2. The van der Waals surface area contributed by atoms with Gasteiger partial charge < -0.3 is 5.32 Å². The largest absolute Gasteiger partial charge is 0.362 e. The van der Waals surface area contributed by atoms with Gasteiger partial charge in [0.15, 0.2) is 14.6 Å². The van der Waals surface area contributed by atoms with Crippen LogP contribution in [0.15, 0.2) is 42.6 Å². The zero-order chi connectivity index (χ0) is 20.0. The number of nitro groups is 1. The maximum Gasteiger partial charge on any atom is 0.269 e. The zero-order valence-corrected chi connectivity index (χ0v) is 15.4. The molecule has 2 heterocycles. The molecule has 2 aromatic rings. The highest BCUT2D eigenvalue weighted by molar-refractivity contribution is 7.93. The van der Waals surface area contributed by atoms with E-state index in [-0.39, 0.29) is 22.8 Å². The Morgan fingerprint density at radius 2 is 2.00 bits per heavy atom. The zero-order valence-electron chi connectivity index (χ0n) is 14.6. The van der Waals surface area contributed by atoms with E-state index in [1.165, 1.54) is 26.1 Å². The van der Waals surface area contributed by atoms with E-state index < -0.39 is 36.6 Å². The van der Waals surface area contributed by atoms with Gasteiger partial charge in [0.25, 0.3) is 5.69 Å². The smallest absolute Gasteiger partial charge is 0.269 e. The van der Waals surface area contributed by atoms with Crippen LogP contribution in [-0.2, 0) is 20.1 Å². The summed E-state index contributed by atoms with van der Waals surface area (Å²) in [6.07, 6.45) is 1.43. The van der Waals surface area contributed by atoms with Crippen LogP contribution in [0.2, 0.25) is 0 Å². The second-order valence-corrected chi connectivity index (χ2v) is 9.10. The maximum absolute atomic E-state index is 14.4. The quantitative estimate of drug-likeness (QED) is 0.609. The second kappa shape index (κ2) is 6.08. The summed E-state index contributed by atoms with van der Waals surface area (Å²) < 4.78 is 39.0. The van der Waals surface area contributed by atoms with E-state index in [4.69, 9.17) is 5.41 Å². The lowest BCUT2D eigenvalue weighted by atomic mass is 9.90. The van der Waals surface area contributed by atoms with Gasteiger partial charge in [0.2, 0.25) is 0 Å². The minimum absolute atomic E-state index is 0.170. The molecule has 2 atom stereocenters. The van der Waals surface area contributed by atoms with Crippen LogP contribution < -0.4 is 5.32 Å². The van der Waals surface area contributed by atoms with Gasteiger partial charge in [-0.25, -0.2) is 12.8 Å². The summed E-state index contributed by atoms with van der Waals surface area (Å²) in [6.45, 7) is 2.77. The van der Waals surface area contributed by atoms with Crippen molar-refractivity contribution in [2.75, 3.05) is 5.75 Å². The number of nitrogens with zero attached hydrogens (tertiary/aromatic N) is 2. The van der Waals surface area contributed by atoms with Gasteiger partial charge >= 0.3 is 0 Å². The molecule has 3 rings (SSSR count). The average Bonchev–Trinajstić information content (AvgIpc) is 2.60. The third-order valence-electron chi connectivity index (χ3n) is 4.89. The number of hydrogen-bond acceptors (Lipinski definition) is 6. The Morgan fingerprint density at radius 1 is 1.30 bits per heavy atom. The number of benzene rings is 1. The first-order valence-electron chi connectivity index (χ1n) is 7.97. The van der Waals surface area contributed by atoms with Crippen molar-refractivity contribution in [2.24, 2.45) is 0 Å². The summed E-state index contributed by atoms with van der Waals surface area (Å²) in [4.78, 5) is 14.4. The molecule has 0 bridgehead atoms. The Hall–Kier alpha value is -2.88. The summed E-state index contributed by atoms with van der Waals surface area (Å²) in [7, 11) is -4.02. The highest BCUT2D eigenvalue weighted by Crippen LogP contribution is 2.40. The van der Waals surface area contributed by atoms with E-state index in [0.717, 1.165) is 18.2 Å². The van der Waals surface area contributed by atoms with E-state index in [0.29, 0.717) is 0 Å². The predicted octanol–water partition coefficient (Wildman–Crippen LogP) is 2.25. The predicted molar refractivity (Wildman–Crippen MR) is 96.6 cm³/mol. The minimum Gasteiger partial charge on any atom is -0.362 e. The number of nitro benzene ring substituents is 1. The van der Waals surface area contributed by atoms with Crippen LogP contribution in [0, 0.1) is 21.3 Å². The van der Waals surface area contributed by atoms with Gasteiger partial charge in [-0.1, -0.05) is 6.07 Å². The average molecular weight is 392 g/mol. The van der Waals surface area contributed by atoms with Gasteiger partial charge in [0.1, 0.15) is 11.7 Å². The first-order chi connectivity index (χ1) is 12.5. The number of rotatable bonds is 3.